The Hall–Kier alpha value is -3.73. The van der Waals surface area contributed by atoms with Crippen LogP contribution in [0.4, 0.5) is 13.2 Å². The molecule has 202 valence electrons. The first kappa shape index (κ1) is 27.3. The van der Waals surface area contributed by atoms with Crippen molar-refractivity contribution in [2.45, 2.75) is 38.1 Å². The SMILES string of the molecule is N[C@H](Cc1cc(F)c(F)cc1F)C1CCN(C(=O)CCNC(=O)CCN2C(=O)c3ccccc3C2=O)CC1. The van der Waals surface area contributed by atoms with E-state index in [0.717, 1.165) is 11.0 Å². The molecule has 0 unspecified atom stereocenters. The van der Waals surface area contributed by atoms with Gasteiger partial charge in [-0.15, -0.1) is 0 Å². The molecule has 1 atom stereocenters. The monoisotopic (exact) mass is 530 g/mol. The molecule has 0 bridgehead atoms. The van der Waals surface area contributed by atoms with Gasteiger partial charge in [0.25, 0.3) is 11.8 Å². The Morgan fingerprint density at radius 2 is 1.55 bits per heavy atom. The Labute approximate surface area is 218 Å². The summed E-state index contributed by atoms with van der Waals surface area (Å²) in [7, 11) is 0. The lowest BCUT2D eigenvalue weighted by molar-refractivity contribution is -0.132. The van der Waals surface area contributed by atoms with Crippen LogP contribution in [0, 0.1) is 23.4 Å². The van der Waals surface area contributed by atoms with Crippen LogP contribution >= 0.6 is 0 Å². The van der Waals surface area contributed by atoms with Crippen LogP contribution in [-0.2, 0) is 16.0 Å². The van der Waals surface area contributed by atoms with Crippen molar-refractivity contribution in [3.63, 3.8) is 0 Å². The number of nitrogens with zero attached hydrogens (tertiary/aromatic N) is 2. The van der Waals surface area contributed by atoms with E-state index in [1.807, 2.05) is 0 Å². The van der Waals surface area contributed by atoms with Gasteiger partial charge in [0.1, 0.15) is 5.82 Å². The molecule has 2 aliphatic heterocycles. The number of hydrogen-bond donors (Lipinski definition) is 2. The summed E-state index contributed by atoms with van der Waals surface area (Å²) >= 11 is 0. The molecule has 0 saturated carbocycles. The van der Waals surface area contributed by atoms with Gasteiger partial charge in [-0.2, -0.15) is 0 Å². The van der Waals surface area contributed by atoms with Gasteiger partial charge in [-0.1, -0.05) is 12.1 Å². The van der Waals surface area contributed by atoms with Gasteiger partial charge in [0.15, 0.2) is 11.6 Å². The van der Waals surface area contributed by atoms with E-state index in [9.17, 15) is 32.3 Å². The number of rotatable bonds is 9. The number of amides is 4. The number of carbonyl (C=O) groups excluding carboxylic acids is 4. The normalized spacial score (nSPS) is 16.5. The average molecular weight is 531 g/mol. The molecule has 2 heterocycles. The fraction of sp³-hybridized carbons (Fsp3) is 0.407. The number of nitrogens with one attached hydrogen (secondary N) is 1. The molecule has 0 aromatic heterocycles. The van der Waals surface area contributed by atoms with E-state index in [1.165, 1.54) is 0 Å². The zero-order chi connectivity index (χ0) is 27.4. The Morgan fingerprint density at radius 3 is 2.18 bits per heavy atom. The molecule has 3 N–H and O–H groups in total. The standard InChI is InChI=1S/C27H29F3N4O4/c28-20-15-22(30)21(29)13-17(20)14-23(31)16-6-10-33(11-7-16)25(36)5-9-32-24(35)8-12-34-26(37)18-3-1-2-4-19(18)27(34)38/h1-4,13,15-16,23H,5-12,14,31H2,(H,32,35)/t23-/m1/s1. The van der Waals surface area contributed by atoms with E-state index >= 15 is 0 Å². The molecule has 4 amide bonds. The van der Waals surface area contributed by atoms with Crippen molar-refractivity contribution < 1.29 is 32.3 Å². The minimum absolute atomic E-state index is 0.00610. The number of likely N-dealkylation sites (tertiary alicyclic amines) is 1. The second kappa shape index (κ2) is 11.8. The molecule has 0 radical (unpaired) electrons. The number of hydrogen-bond acceptors (Lipinski definition) is 5. The molecule has 0 aliphatic carbocycles. The van der Waals surface area contributed by atoms with Crippen molar-refractivity contribution in [3.05, 3.63) is 70.5 Å². The molecule has 38 heavy (non-hydrogen) atoms. The highest BCUT2D eigenvalue weighted by Crippen LogP contribution is 2.25. The summed E-state index contributed by atoms with van der Waals surface area (Å²) < 4.78 is 40.5. The van der Waals surface area contributed by atoms with Gasteiger partial charge in [0.05, 0.1) is 11.1 Å². The van der Waals surface area contributed by atoms with Crippen LogP contribution in [0.3, 0.4) is 0 Å². The molecule has 11 heteroatoms. The van der Waals surface area contributed by atoms with Gasteiger partial charge in [-0.25, -0.2) is 13.2 Å². The van der Waals surface area contributed by atoms with Crippen LogP contribution in [0.25, 0.3) is 0 Å². The molecular weight excluding hydrogens is 501 g/mol. The van der Waals surface area contributed by atoms with Gasteiger partial charge in [0, 0.05) is 51.1 Å². The number of imide groups is 1. The Balaban J connectivity index is 1.15. The lowest BCUT2D eigenvalue weighted by atomic mass is 9.86. The summed E-state index contributed by atoms with van der Waals surface area (Å²) in [6.45, 7) is 0.972. The average Bonchev–Trinajstić information content (AvgIpc) is 3.15. The summed E-state index contributed by atoms with van der Waals surface area (Å²) in [5, 5.41) is 2.65. The van der Waals surface area contributed by atoms with Crippen LogP contribution in [0.15, 0.2) is 36.4 Å². The largest absolute Gasteiger partial charge is 0.356 e. The van der Waals surface area contributed by atoms with Crippen molar-refractivity contribution in [2.75, 3.05) is 26.2 Å². The number of benzene rings is 2. The van der Waals surface area contributed by atoms with Crippen LogP contribution in [-0.4, -0.2) is 65.6 Å². The first-order chi connectivity index (χ1) is 18.2. The van der Waals surface area contributed by atoms with E-state index in [0.29, 0.717) is 43.1 Å². The van der Waals surface area contributed by atoms with E-state index in [1.54, 1.807) is 29.2 Å². The zero-order valence-electron chi connectivity index (χ0n) is 20.7. The third kappa shape index (κ3) is 6.04. The van der Waals surface area contributed by atoms with E-state index in [2.05, 4.69) is 5.32 Å². The molecule has 4 rings (SSSR count). The molecule has 2 aromatic rings. The summed E-state index contributed by atoms with van der Waals surface area (Å²) in [5.41, 5.74) is 6.88. The smallest absolute Gasteiger partial charge is 0.261 e. The maximum Gasteiger partial charge on any atom is 0.261 e. The molecule has 0 spiro atoms. The first-order valence-corrected chi connectivity index (χ1v) is 12.5. The minimum Gasteiger partial charge on any atom is -0.356 e. The van der Waals surface area contributed by atoms with Crippen molar-refractivity contribution >= 4 is 23.6 Å². The third-order valence-electron chi connectivity index (χ3n) is 7.14. The first-order valence-electron chi connectivity index (χ1n) is 12.5. The second-order valence-electron chi connectivity index (χ2n) is 9.60. The highest BCUT2D eigenvalue weighted by Gasteiger charge is 2.35. The second-order valence-corrected chi connectivity index (χ2v) is 9.60. The van der Waals surface area contributed by atoms with Gasteiger partial charge in [0.2, 0.25) is 11.8 Å². The fourth-order valence-corrected chi connectivity index (χ4v) is 4.93. The van der Waals surface area contributed by atoms with Gasteiger partial charge >= 0.3 is 0 Å². The molecule has 1 saturated heterocycles. The van der Waals surface area contributed by atoms with Gasteiger partial charge in [-0.3, -0.25) is 24.1 Å². The van der Waals surface area contributed by atoms with Crippen molar-refractivity contribution in [1.29, 1.82) is 0 Å². The lowest BCUT2D eigenvalue weighted by Gasteiger charge is -2.35. The van der Waals surface area contributed by atoms with Gasteiger partial charge in [-0.05, 0) is 48.9 Å². The highest BCUT2D eigenvalue weighted by atomic mass is 19.2. The maximum atomic E-state index is 13.9. The van der Waals surface area contributed by atoms with Crippen LogP contribution in [0.1, 0.15) is 52.0 Å². The molecule has 1 fully saturated rings. The Kier molecular flexibility index (Phi) is 8.45. The number of piperidine rings is 1. The Bertz CT molecular complexity index is 1210. The number of fused-ring (bicyclic) bond motifs is 1. The molecule has 2 aliphatic rings. The predicted molar refractivity (Wildman–Crippen MR) is 131 cm³/mol. The summed E-state index contributed by atoms with van der Waals surface area (Å²) in [6, 6.07) is 7.37. The lowest BCUT2D eigenvalue weighted by Crippen LogP contribution is -2.45. The minimum atomic E-state index is -1.24. The zero-order valence-corrected chi connectivity index (χ0v) is 20.7. The van der Waals surface area contributed by atoms with E-state index in [4.69, 9.17) is 5.73 Å². The predicted octanol–water partition coefficient (Wildman–Crippen LogP) is 2.40. The van der Waals surface area contributed by atoms with E-state index < -0.39 is 35.3 Å². The van der Waals surface area contributed by atoms with Gasteiger partial charge < -0.3 is 16.0 Å². The van der Waals surface area contributed by atoms with Crippen LogP contribution in [0.2, 0.25) is 0 Å². The van der Waals surface area contributed by atoms with Crippen molar-refractivity contribution in [2.24, 2.45) is 11.7 Å². The van der Waals surface area contributed by atoms with E-state index in [-0.39, 0.29) is 55.6 Å². The topological polar surface area (TPSA) is 113 Å². The summed E-state index contributed by atoms with van der Waals surface area (Å²) in [4.78, 5) is 52.2. The molecule has 8 nitrogen and oxygen atoms in total. The highest BCUT2D eigenvalue weighted by molar-refractivity contribution is 6.21. The number of carbonyl (C=O) groups is 4. The van der Waals surface area contributed by atoms with Crippen LogP contribution < -0.4 is 11.1 Å². The molecular formula is C27H29F3N4O4. The van der Waals surface area contributed by atoms with Crippen molar-refractivity contribution in [1.82, 2.24) is 15.1 Å². The summed E-state index contributed by atoms with van der Waals surface area (Å²) in [5.74, 6) is -4.56. The summed E-state index contributed by atoms with van der Waals surface area (Å²) in [6.07, 6.45) is 1.26. The Morgan fingerprint density at radius 1 is 0.947 bits per heavy atom. The number of nitrogens with two attached hydrogens (primary N) is 1. The van der Waals surface area contributed by atoms with Crippen LogP contribution in [0.5, 0.6) is 0 Å². The quantitative estimate of drug-likeness (QED) is 0.382. The third-order valence-corrected chi connectivity index (χ3v) is 7.14. The maximum absolute atomic E-state index is 13.9. The molecule has 2 aromatic carbocycles. The number of halogens is 3. The fourth-order valence-electron chi connectivity index (χ4n) is 4.93. The van der Waals surface area contributed by atoms with Crippen molar-refractivity contribution in [3.8, 4) is 0 Å².